The molecule has 0 aromatic heterocycles. The number of hydrogen-bond donors (Lipinski definition) is 0. The Morgan fingerprint density at radius 1 is 1.29 bits per heavy atom. The molecule has 0 amide bonds. The molecule has 3 nitrogen and oxygen atoms in total. The molecule has 2 unspecified atom stereocenters. The summed E-state index contributed by atoms with van der Waals surface area (Å²) in [4.78, 5) is 11.4. The summed E-state index contributed by atoms with van der Waals surface area (Å²) in [7, 11) is 0. The lowest BCUT2D eigenvalue weighted by atomic mass is 9.80. The van der Waals surface area contributed by atoms with Gasteiger partial charge in [-0.15, -0.1) is 0 Å². The maximum absolute atomic E-state index is 11.4. The third-order valence-corrected chi connectivity index (χ3v) is 3.78. The first-order valence-corrected chi connectivity index (χ1v) is 6.91. The van der Waals surface area contributed by atoms with Gasteiger partial charge in [0.15, 0.2) is 6.10 Å². The van der Waals surface area contributed by atoms with Crippen molar-refractivity contribution >= 4 is 6.16 Å². The number of hydrogen-bond acceptors (Lipinski definition) is 3. The molecule has 17 heavy (non-hydrogen) atoms. The quantitative estimate of drug-likeness (QED) is 0.694. The Balaban J connectivity index is 1.87. The van der Waals surface area contributed by atoms with Gasteiger partial charge in [-0.1, -0.05) is 26.7 Å². The van der Waals surface area contributed by atoms with Crippen molar-refractivity contribution in [3.8, 4) is 0 Å². The highest BCUT2D eigenvalue weighted by Crippen LogP contribution is 2.40. The fourth-order valence-electron chi connectivity index (χ4n) is 2.86. The van der Waals surface area contributed by atoms with E-state index < -0.39 is 6.16 Å². The van der Waals surface area contributed by atoms with Crippen LogP contribution in [-0.4, -0.2) is 12.3 Å². The minimum Gasteiger partial charge on any atom is -0.431 e. The number of rotatable bonds is 4. The second-order valence-corrected chi connectivity index (χ2v) is 5.65. The van der Waals surface area contributed by atoms with Gasteiger partial charge in [0.05, 0.1) is 0 Å². The van der Waals surface area contributed by atoms with Gasteiger partial charge in [0.1, 0.15) is 6.10 Å². The summed E-state index contributed by atoms with van der Waals surface area (Å²) in [6, 6.07) is 0. The Morgan fingerprint density at radius 2 is 2.06 bits per heavy atom. The molecule has 1 saturated heterocycles. The summed E-state index contributed by atoms with van der Waals surface area (Å²) in [5.74, 6) is 1.09. The second kappa shape index (κ2) is 5.74. The fraction of sp³-hybridized carbons (Fsp3) is 0.857. The van der Waals surface area contributed by atoms with E-state index in [1.807, 2.05) is 0 Å². The molecule has 2 fully saturated rings. The van der Waals surface area contributed by atoms with Gasteiger partial charge >= 0.3 is 6.16 Å². The largest absolute Gasteiger partial charge is 0.509 e. The van der Waals surface area contributed by atoms with E-state index in [4.69, 9.17) is 9.47 Å². The standard InChI is InChI=1S/C14H23O3/c1-10(2)6-5-9-13-11-7-3-4-8-12(11)16-14(15)17-13/h10-12H,3-9H2,1-2H3. The fourth-order valence-corrected chi connectivity index (χ4v) is 2.86. The molecule has 1 radical (unpaired) electrons. The molecule has 0 bridgehead atoms. The zero-order valence-corrected chi connectivity index (χ0v) is 10.9. The van der Waals surface area contributed by atoms with Gasteiger partial charge in [0.2, 0.25) is 0 Å². The molecule has 1 aliphatic carbocycles. The van der Waals surface area contributed by atoms with Crippen molar-refractivity contribution in [3.05, 3.63) is 6.10 Å². The number of carbonyl (C=O) groups excluding carboxylic acids is 1. The van der Waals surface area contributed by atoms with Gasteiger partial charge in [0.25, 0.3) is 0 Å². The van der Waals surface area contributed by atoms with Crippen LogP contribution in [0.1, 0.15) is 58.8 Å². The number of ether oxygens (including phenoxy) is 2. The lowest BCUT2D eigenvalue weighted by Gasteiger charge is -2.39. The Bertz CT molecular complexity index is 262. The number of fused-ring (bicyclic) bond motifs is 1. The average molecular weight is 239 g/mol. The summed E-state index contributed by atoms with van der Waals surface area (Å²) in [5.41, 5.74) is 0. The minimum absolute atomic E-state index is 0.0963. The molecule has 3 heteroatoms. The van der Waals surface area contributed by atoms with Crippen LogP contribution >= 0.6 is 0 Å². The van der Waals surface area contributed by atoms with Gasteiger partial charge in [-0.3, -0.25) is 0 Å². The zero-order chi connectivity index (χ0) is 12.3. The Hall–Kier alpha value is -0.730. The second-order valence-electron chi connectivity index (χ2n) is 5.65. The summed E-state index contributed by atoms with van der Waals surface area (Å²) in [6.45, 7) is 4.45. The summed E-state index contributed by atoms with van der Waals surface area (Å²) >= 11 is 0. The highest BCUT2D eigenvalue weighted by atomic mass is 16.7. The molecule has 0 spiro atoms. The van der Waals surface area contributed by atoms with E-state index in [1.54, 1.807) is 0 Å². The number of carbonyl (C=O) groups is 1. The normalized spacial score (nSPS) is 29.7. The molecule has 97 valence electrons. The van der Waals surface area contributed by atoms with Gasteiger partial charge in [-0.05, 0) is 38.0 Å². The van der Waals surface area contributed by atoms with Crippen molar-refractivity contribution < 1.29 is 14.3 Å². The molecule has 0 N–H and O–H groups in total. The summed E-state index contributed by atoms with van der Waals surface area (Å²) < 4.78 is 10.6. The topological polar surface area (TPSA) is 35.5 Å². The maximum atomic E-state index is 11.4. The van der Waals surface area contributed by atoms with Crippen LogP contribution in [-0.2, 0) is 9.47 Å². The van der Waals surface area contributed by atoms with E-state index in [-0.39, 0.29) is 6.10 Å². The first-order chi connectivity index (χ1) is 8.16. The van der Waals surface area contributed by atoms with Gasteiger partial charge in [0, 0.05) is 5.92 Å². The molecule has 1 saturated carbocycles. The van der Waals surface area contributed by atoms with Crippen molar-refractivity contribution in [2.45, 2.75) is 64.9 Å². The van der Waals surface area contributed by atoms with Crippen LogP contribution in [0.2, 0.25) is 0 Å². The smallest absolute Gasteiger partial charge is 0.431 e. The Morgan fingerprint density at radius 3 is 2.82 bits per heavy atom. The van der Waals surface area contributed by atoms with Crippen molar-refractivity contribution in [2.75, 3.05) is 0 Å². The lowest BCUT2D eigenvalue weighted by Crippen LogP contribution is -2.41. The van der Waals surface area contributed by atoms with E-state index in [2.05, 4.69) is 13.8 Å². The van der Waals surface area contributed by atoms with E-state index in [1.165, 1.54) is 19.3 Å². The van der Waals surface area contributed by atoms with Crippen LogP contribution in [0.25, 0.3) is 0 Å². The van der Waals surface area contributed by atoms with Crippen LogP contribution < -0.4 is 0 Å². The van der Waals surface area contributed by atoms with E-state index in [0.717, 1.165) is 31.8 Å². The molecule has 1 heterocycles. The highest BCUT2D eigenvalue weighted by molar-refractivity contribution is 5.62. The SMILES string of the molecule is CC(C)CCC[C]1OC(=O)OC2CCCCC12. The van der Waals surface area contributed by atoms with Crippen LogP contribution in [0, 0.1) is 17.9 Å². The maximum Gasteiger partial charge on any atom is 0.509 e. The average Bonchev–Trinajstić information content (AvgIpc) is 2.28. The van der Waals surface area contributed by atoms with E-state index >= 15 is 0 Å². The summed E-state index contributed by atoms with van der Waals surface area (Å²) in [6.07, 6.45) is 8.38. The monoisotopic (exact) mass is 239 g/mol. The van der Waals surface area contributed by atoms with Crippen molar-refractivity contribution in [1.29, 1.82) is 0 Å². The van der Waals surface area contributed by atoms with Gasteiger partial charge in [-0.2, -0.15) is 0 Å². The van der Waals surface area contributed by atoms with Crippen molar-refractivity contribution in [2.24, 2.45) is 11.8 Å². The zero-order valence-electron chi connectivity index (χ0n) is 10.9. The van der Waals surface area contributed by atoms with Crippen molar-refractivity contribution in [3.63, 3.8) is 0 Å². The first kappa shape index (κ1) is 12.7. The summed E-state index contributed by atoms with van der Waals surface area (Å²) in [5, 5.41) is 0. The Kier molecular flexibility index (Phi) is 4.30. The van der Waals surface area contributed by atoms with Gasteiger partial charge < -0.3 is 9.47 Å². The van der Waals surface area contributed by atoms with E-state index in [0.29, 0.717) is 11.8 Å². The molecule has 2 atom stereocenters. The van der Waals surface area contributed by atoms with E-state index in [9.17, 15) is 4.79 Å². The van der Waals surface area contributed by atoms with Crippen LogP contribution in [0.4, 0.5) is 4.79 Å². The lowest BCUT2D eigenvalue weighted by molar-refractivity contribution is -0.0723. The minimum atomic E-state index is -0.479. The third-order valence-electron chi connectivity index (χ3n) is 3.78. The van der Waals surface area contributed by atoms with Crippen LogP contribution in [0.3, 0.4) is 0 Å². The van der Waals surface area contributed by atoms with Gasteiger partial charge in [-0.25, -0.2) is 4.79 Å². The molecule has 0 aromatic rings. The first-order valence-electron chi connectivity index (χ1n) is 6.91. The molecule has 2 rings (SSSR count). The van der Waals surface area contributed by atoms with Crippen LogP contribution in [0.5, 0.6) is 0 Å². The highest BCUT2D eigenvalue weighted by Gasteiger charge is 2.41. The molecular formula is C14H23O3. The molecule has 0 aromatic carbocycles. The third kappa shape index (κ3) is 3.36. The number of cyclic esters (lactones) is 1. The molecule has 1 aliphatic heterocycles. The van der Waals surface area contributed by atoms with Crippen molar-refractivity contribution in [1.82, 2.24) is 0 Å². The molecule has 2 aliphatic rings. The predicted molar refractivity (Wildman–Crippen MR) is 65.2 cm³/mol. The molecular weight excluding hydrogens is 216 g/mol. The van der Waals surface area contributed by atoms with Crippen LogP contribution in [0.15, 0.2) is 0 Å². The Labute approximate surface area is 104 Å². The predicted octanol–water partition coefficient (Wildman–Crippen LogP) is 4.07.